The zero-order valence-electron chi connectivity index (χ0n) is 14.3. The molecule has 2 aromatic carbocycles. The number of methoxy groups -OCH3 is 3. The van der Waals surface area contributed by atoms with E-state index in [0.29, 0.717) is 5.56 Å². The number of benzene rings is 2. The lowest BCUT2D eigenvalue weighted by atomic mass is 10.0. The average Bonchev–Trinajstić information content (AvgIpc) is 3.16. The molecule has 0 radical (unpaired) electrons. The fourth-order valence-corrected chi connectivity index (χ4v) is 2.57. The Labute approximate surface area is 149 Å². The lowest BCUT2D eigenvalue weighted by Gasteiger charge is -2.15. The molecule has 0 unspecified atom stereocenters. The third kappa shape index (κ3) is 2.92. The predicted molar refractivity (Wildman–Crippen MR) is 91.8 cm³/mol. The van der Waals surface area contributed by atoms with Crippen LogP contribution in [0, 0.1) is 0 Å². The summed E-state index contributed by atoms with van der Waals surface area (Å²) in [5.74, 6) is -0.520. The quantitative estimate of drug-likeness (QED) is 0.718. The summed E-state index contributed by atoms with van der Waals surface area (Å²) in [7, 11) is 4.16. The van der Waals surface area contributed by atoms with Crippen LogP contribution in [0.25, 0.3) is 22.9 Å². The molecule has 0 atom stereocenters. The highest BCUT2D eigenvalue weighted by molar-refractivity contribution is 6.01. The Balaban J connectivity index is 2.24. The molecule has 0 fully saturated rings. The van der Waals surface area contributed by atoms with Gasteiger partial charge in [0.15, 0.2) is 11.5 Å². The van der Waals surface area contributed by atoms with E-state index in [1.54, 1.807) is 12.1 Å². The molecule has 8 nitrogen and oxygen atoms in total. The lowest BCUT2D eigenvalue weighted by Crippen LogP contribution is -2.07. The van der Waals surface area contributed by atoms with E-state index < -0.39 is 5.97 Å². The maximum Gasteiger partial charge on any atom is 0.340 e. The van der Waals surface area contributed by atoms with Gasteiger partial charge in [-0.05, 0) is 12.1 Å². The van der Waals surface area contributed by atoms with Crippen LogP contribution in [0.2, 0.25) is 0 Å². The highest BCUT2D eigenvalue weighted by Gasteiger charge is 2.29. The van der Waals surface area contributed by atoms with Gasteiger partial charge in [0.25, 0.3) is 5.89 Å². The van der Waals surface area contributed by atoms with E-state index in [-0.39, 0.29) is 40.2 Å². The topological polar surface area (TPSA) is 104 Å². The van der Waals surface area contributed by atoms with Crippen LogP contribution in [0.4, 0.5) is 0 Å². The van der Waals surface area contributed by atoms with Crippen molar-refractivity contribution in [3.63, 3.8) is 0 Å². The Morgan fingerprint density at radius 1 is 0.962 bits per heavy atom. The number of ether oxygens (including phenoxy) is 3. The Morgan fingerprint density at radius 2 is 1.62 bits per heavy atom. The zero-order valence-corrected chi connectivity index (χ0v) is 14.3. The number of aromatic carboxylic acids is 1. The van der Waals surface area contributed by atoms with Crippen molar-refractivity contribution in [3.05, 3.63) is 42.0 Å². The summed E-state index contributed by atoms with van der Waals surface area (Å²) in [5.41, 5.74) is 0.641. The number of carboxylic acids is 1. The molecule has 26 heavy (non-hydrogen) atoms. The molecule has 134 valence electrons. The summed E-state index contributed by atoms with van der Waals surface area (Å²) in [6, 6.07) is 10.6. The van der Waals surface area contributed by atoms with E-state index >= 15 is 0 Å². The van der Waals surface area contributed by atoms with Gasteiger partial charge in [0.2, 0.25) is 5.89 Å². The molecular formula is C18H16N2O6. The molecule has 0 spiro atoms. The zero-order chi connectivity index (χ0) is 18.7. The minimum absolute atomic E-state index is 0.000874. The first-order chi connectivity index (χ1) is 12.6. The number of hydrogen-bond acceptors (Lipinski definition) is 7. The Morgan fingerprint density at radius 3 is 2.19 bits per heavy atom. The summed E-state index contributed by atoms with van der Waals surface area (Å²) in [6.45, 7) is 0. The van der Waals surface area contributed by atoms with Crippen LogP contribution in [0.5, 0.6) is 17.2 Å². The Kier molecular flexibility index (Phi) is 4.74. The van der Waals surface area contributed by atoms with E-state index in [4.69, 9.17) is 18.6 Å². The number of carbonyl (C=O) groups is 1. The standard InChI is InChI=1S/C18H16N2O6/c1-23-11-9-12(24-2)15(25-3)14(18(21)22)13(11)17-20-19-16(26-17)10-7-5-4-6-8-10/h4-9H,1-3H3,(H,21,22). The minimum atomic E-state index is -1.24. The first-order valence-corrected chi connectivity index (χ1v) is 7.56. The number of rotatable bonds is 6. The van der Waals surface area contributed by atoms with Crippen molar-refractivity contribution in [1.82, 2.24) is 10.2 Å². The average molecular weight is 356 g/mol. The number of hydrogen-bond donors (Lipinski definition) is 1. The van der Waals surface area contributed by atoms with Crippen LogP contribution in [0.1, 0.15) is 10.4 Å². The van der Waals surface area contributed by atoms with Crippen LogP contribution >= 0.6 is 0 Å². The lowest BCUT2D eigenvalue weighted by molar-refractivity contribution is 0.0692. The second kappa shape index (κ2) is 7.14. The van der Waals surface area contributed by atoms with E-state index in [1.165, 1.54) is 27.4 Å². The third-order valence-corrected chi connectivity index (χ3v) is 3.73. The van der Waals surface area contributed by atoms with Crippen LogP contribution in [0.3, 0.4) is 0 Å². The summed E-state index contributed by atoms with van der Waals surface area (Å²) in [5, 5.41) is 17.7. The van der Waals surface area contributed by atoms with Gasteiger partial charge in [0.1, 0.15) is 11.3 Å². The van der Waals surface area contributed by atoms with Crippen LogP contribution in [-0.4, -0.2) is 42.6 Å². The maximum absolute atomic E-state index is 11.9. The van der Waals surface area contributed by atoms with Gasteiger partial charge in [-0.1, -0.05) is 18.2 Å². The first kappa shape index (κ1) is 17.3. The molecule has 1 heterocycles. The van der Waals surface area contributed by atoms with Gasteiger partial charge in [-0.3, -0.25) is 0 Å². The fourth-order valence-electron chi connectivity index (χ4n) is 2.57. The Hall–Kier alpha value is -3.55. The van der Waals surface area contributed by atoms with Gasteiger partial charge in [-0.15, -0.1) is 10.2 Å². The molecule has 1 N–H and O–H groups in total. The maximum atomic E-state index is 11.9. The first-order valence-electron chi connectivity index (χ1n) is 7.56. The van der Waals surface area contributed by atoms with Gasteiger partial charge in [-0.2, -0.15) is 0 Å². The van der Waals surface area contributed by atoms with Gasteiger partial charge in [0, 0.05) is 11.6 Å². The van der Waals surface area contributed by atoms with E-state index in [0.717, 1.165) is 0 Å². The fraction of sp³-hybridized carbons (Fsp3) is 0.167. The summed E-state index contributed by atoms with van der Waals surface area (Å²) in [4.78, 5) is 11.9. The van der Waals surface area contributed by atoms with Crippen molar-refractivity contribution >= 4 is 5.97 Å². The van der Waals surface area contributed by atoms with Gasteiger partial charge < -0.3 is 23.7 Å². The second-order valence-electron chi connectivity index (χ2n) is 5.15. The highest BCUT2D eigenvalue weighted by Crippen LogP contribution is 2.44. The van der Waals surface area contributed by atoms with Crippen molar-refractivity contribution < 1.29 is 28.5 Å². The molecule has 0 saturated heterocycles. The molecule has 8 heteroatoms. The van der Waals surface area contributed by atoms with Gasteiger partial charge >= 0.3 is 5.97 Å². The molecule has 1 aromatic heterocycles. The molecule has 3 rings (SSSR count). The molecule has 0 amide bonds. The summed E-state index contributed by atoms with van der Waals surface area (Å²) in [6.07, 6.45) is 0. The molecule has 3 aromatic rings. The van der Waals surface area contributed by atoms with Crippen molar-refractivity contribution in [3.8, 4) is 40.2 Å². The van der Waals surface area contributed by atoms with Crippen LogP contribution in [0.15, 0.2) is 40.8 Å². The largest absolute Gasteiger partial charge is 0.496 e. The number of carboxylic acid groups (broad SMARTS) is 1. The van der Waals surface area contributed by atoms with Gasteiger partial charge in [0.05, 0.1) is 26.9 Å². The van der Waals surface area contributed by atoms with Crippen molar-refractivity contribution in [1.29, 1.82) is 0 Å². The van der Waals surface area contributed by atoms with Crippen molar-refractivity contribution in [2.45, 2.75) is 0 Å². The second-order valence-corrected chi connectivity index (χ2v) is 5.15. The minimum Gasteiger partial charge on any atom is -0.496 e. The SMILES string of the molecule is COc1cc(OC)c(-c2nnc(-c3ccccc3)o2)c(C(=O)O)c1OC. The molecule has 0 bridgehead atoms. The van der Waals surface area contributed by atoms with Crippen LogP contribution in [-0.2, 0) is 0 Å². The highest BCUT2D eigenvalue weighted by atomic mass is 16.5. The summed E-state index contributed by atoms with van der Waals surface area (Å²) < 4.78 is 21.5. The van der Waals surface area contributed by atoms with E-state index in [9.17, 15) is 9.90 Å². The Bertz CT molecular complexity index is 936. The normalized spacial score (nSPS) is 10.4. The molecular weight excluding hydrogens is 340 g/mol. The smallest absolute Gasteiger partial charge is 0.340 e. The number of nitrogens with zero attached hydrogens (tertiary/aromatic N) is 2. The van der Waals surface area contributed by atoms with E-state index in [2.05, 4.69) is 10.2 Å². The molecule has 0 aliphatic heterocycles. The van der Waals surface area contributed by atoms with Crippen molar-refractivity contribution in [2.24, 2.45) is 0 Å². The molecule has 0 aliphatic rings. The van der Waals surface area contributed by atoms with Gasteiger partial charge in [-0.25, -0.2) is 4.79 Å². The third-order valence-electron chi connectivity index (χ3n) is 3.73. The predicted octanol–water partition coefficient (Wildman–Crippen LogP) is 3.13. The monoisotopic (exact) mass is 356 g/mol. The molecule has 0 aliphatic carbocycles. The van der Waals surface area contributed by atoms with E-state index in [1.807, 2.05) is 18.2 Å². The number of aromatic nitrogens is 2. The molecule has 0 saturated carbocycles. The summed E-state index contributed by atoms with van der Waals surface area (Å²) >= 11 is 0. The van der Waals surface area contributed by atoms with Crippen molar-refractivity contribution in [2.75, 3.05) is 21.3 Å². The van der Waals surface area contributed by atoms with Crippen LogP contribution < -0.4 is 14.2 Å².